The first-order valence-electron chi connectivity index (χ1n) is 5.22. The van der Waals surface area contributed by atoms with Gasteiger partial charge in [-0.05, 0) is 12.3 Å². The summed E-state index contributed by atoms with van der Waals surface area (Å²) in [7, 11) is 0. The Balaban J connectivity index is 1.99. The average molecular weight is 195 g/mol. The second-order valence-corrected chi connectivity index (χ2v) is 4.01. The van der Waals surface area contributed by atoms with Gasteiger partial charge in [-0.3, -0.25) is 0 Å². The molecule has 1 aromatic rings. The quantitative estimate of drug-likeness (QED) is 0.747. The van der Waals surface area contributed by atoms with Crippen LogP contribution >= 0.6 is 0 Å². The molecule has 0 aliphatic heterocycles. The molecule has 0 amide bonds. The molecule has 1 aliphatic carbocycles. The monoisotopic (exact) mass is 195 g/mol. The van der Waals surface area contributed by atoms with Crippen LogP contribution in [-0.2, 0) is 13.0 Å². The van der Waals surface area contributed by atoms with Gasteiger partial charge in [-0.15, -0.1) is 0 Å². The van der Waals surface area contributed by atoms with Gasteiger partial charge in [0.05, 0.1) is 18.8 Å². The van der Waals surface area contributed by atoms with Crippen molar-refractivity contribution in [1.29, 1.82) is 0 Å². The van der Waals surface area contributed by atoms with E-state index in [9.17, 15) is 0 Å². The molecule has 4 heteroatoms. The number of nitrogens with zero attached hydrogens (tertiary/aromatic N) is 2. The lowest BCUT2D eigenvalue weighted by Gasteiger charge is -2.23. The van der Waals surface area contributed by atoms with E-state index in [0.29, 0.717) is 12.4 Å². The van der Waals surface area contributed by atoms with Gasteiger partial charge in [-0.25, -0.2) is 4.68 Å². The zero-order valence-corrected chi connectivity index (χ0v) is 8.32. The van der Waals surface area contributed by atoms with Crippen LogP contribution in [0.15, 0.2) is 6.07 Å². The number of aliphatic hydroxyl groups is 1. The van der Waals surface area contributed by atoms with Crippen molar-refractivity contribution < 1.29 is 5.11 Å². The molecule has 1 saturated carbocycles. The van der Waals surface area contributed by atoms with E-state index in [-0.39, 0.29) is 6.61 Å². The molecule has 78 valence electrons. The van der Waals surface area contributed by atoms with Gasteiger partial charge < -0.3 is 10.8 Å². The van der Waals surface area contributed by atoms with E-state index in [2.05, 4.69) is 5.10 Å². The van der Waals surface area contributed by atoms with Gasteiger partial charge in [-0.2, -0.15) is 5.10 Å². The molecule has 14 heavy (non-hydrogen) atoms. The van der Waals surface area contributed by atoms with Crippen molar-refractivity contribution in [2.75, 3.05) is 12.3 Å². The van der Waals surface area contributed by atoms with Crippen LogP contribution in [0.4, 0.5) is 5.82 Å². The highest BCUT2D eigenvalue weighted by atomic mass is 16.3. The summed E-state index contributed by atoms with van der Waals surface area (Å²) in [6.45, 7) is 0.589. The number of hydrogen-bond donors (Lipinski definition) is 2. The maximum absolute atomic E-state index is 8.78. The van der Waals surface area contributed by atoms with Gasteiger partial charge in [0.15, 0.2) is 0 Å². The Morgan fingerprint density at radius 1 is 1.57 bits per heavy atom. The summed E-state index contributed by atoms with van der Waals surface area (Å²) in [4.78, 5) is 0. The van der Waals surface area contributed by atoms with Gasteiger partial charge >= 0.3 is 0 Å². The molecule has 1 heterocycles. The standard InChI is InChI=1S/C10H17N3O/c11-10-7-9(6-8-2-1-3-8)12-13(10)4-5-14/h7-8,14H,1-6,11H2. The fourth-order valence-electron chi connectivity index (χ4n) is 1.85. The summed E-state index contributed by atoms with van der Waals surface area (Å²) in [6, 6.07) is 1.92. The maximum atomic E-state index is 8.78. The van der Waals surface area contributed by atoms with Crippen LogP contribution in [0.3, 0.4) is 0 Å². The SMILES string of the molecule is Nc1cc(CC2CCC2)nn1CCO. The van der Waals surface area contributed by atoms with Gasteiger partial charge in [0.25, 0.3) is 0 Å². The van der Waals surface area contributed by atoms with Crippen LogP contribution in [0.2, 0.25) is 0 Å². The molecular weight excluding hydrogens is 178 g/mol. The van der Waals surface area contributed by atoms with Crippen LogP contribution in [0.1, 0.15) is 25.0 Å². The summed E-state index contributed by atoms with van der Waals surface area (Å²) in [5.74, 6) is 1.47. The lowest BCUT2D eigenvalue weighted by Crippen LogP contribution is -2.14. The van der Waals surface area contributed by atoms with Crippen LogP contribution in [0.25, 0.3) is 0 Å². The Labute approximate surface area is 83.7 Å². The number of aromatic nitrogens is 2. The first-order chi connectivity index (χ1) is 6.79. The van der Waals surface area contributed by atoms with Crippen LogP contribution in [0, 0.1) is 5.92 Å². The fourth-order valence-corrected chi connectivity index (χ4v) is 1.85. The summed E-state index contributed by atoms with van der Waals surface area (Å²) in [5.41, 5.74) is 6.82. The number of nitrogens with two attached hydrogens (primary N) is 1. The lowest BCUT2D eigenvalue weighted by molar-refractivity contribution is 0.269. The Kier molecular flexibility index (Phi) is 2.72. The highest BCUT2D eigenvalue weighted by Gasteiger charge is 2.19. The summed E-state index contributed by atoms with van der Waals surface area (Å²) >= 11 is 0. The first kappa shape index (κ1) is 9.52. The van der Waals surface area contributed by atoms with E-state index in [0.717, 1.165) is 18.0 Å². The predicted molar refractivity (Wildman–Crippen MR) is 54.8 cm³/mol. The molecule has 0 bridgehead atoms. The topological polar surface area (TPSA) is 64.1 Å². The first-order valence-corrected chi connectivity index (χ1v) is 5.22. The average Bonchev–Trinajstić information content (AvgIpc) is 2.41. The highest BCUT2D eigenvalue weighted by Crippen LogP contribution is 2.29. The van der Waals surface area contributed by atoms with Crippen LogP contribution in [-0.4, -0.2) is 21.5 Å². The number of aliphatic hydroxyl groups excluding tert-OH is 1. The van der Waals surface area contributed by atoms with Crippen molar-refractivity contribution in [1.82, 2.24) is 9.78 Å². The molecule has 3 N–H and O–H groups in total. The molecule has 2 rings (SSSR count). The Morgan fingerprint density at radius 3 is 2.93 bits per heavy atom. The van der Waals surface area contributed by atoms with Crippen LogP contribution < -0.4 is 5.73 Å². The number of nitrogen functional groups attached to an aromatic ring is 1. The Bertz CT molecular complexity index is 304. The fraction of sp³-hybridized carbons (Fsp3) is 0.700. The van der Waals surface area contributed by atoms with Crippen LogP contribution in [0.5, 0.6) is 0 Å². The normalized spacial score (nSPS) is 16.9. The van der Waals surface area contributed by atoms with Crippen molar-refractivity contribution in [3.63, 3.8) is 0 Å². The molecule has 4 nitrogen and oxygen atoms in total. The second-order valence-electron chi connectivity index (χ2n) is 4.01. The lowest BCUT2D eigenvalue weighted by atomic mass is 9.82. The van der Waals surface area contributed by atoms with E-state index in [1.807, 2.05) is 6.07 Å². The molecule has 1 fully saturated rings. The molecule has 1 aliphatic rings. The van der Waals surface area contributed by atoms with E-state index in [1.165, 1.54) is 19.3 Å². The molecule has 0 radical (unpaired) electrons. The second kappa shape index (κ2) is 4.00. The van der Waals surface area contributed by atoms with E-state index < -0.39 is 0 Å². The Hall–Kier alpha value is -1.03. The molecule has 0 saturated heterocycles. The molecule has 0 aromatic carbocycles. The zero-order valence-electron chi connectivity index (χ0n) is 8.32. The predicted octanol–water partition coefficient (Wildman–Crippen LogP) is 0.800. The highest BCUT2D eigenvalue weighted by molar-refractivity contribution is 5.31. The largest absolute Gasteiger partial charge is 0.394 e. The van der Waals surface area contributed by atoms with Crippen molar-refractivity contribution >= 4 is 5.82 Å². The van der Waals surface area contributed by atoms with E-state index >= 15 is 0 Å². The maximum Gasteiger partial charge on any atom is 0.122 e. The smallest absolute Gasteiger partial charge is 0.122 e. The molecule has 0 spiro atoms. The molecule has 0 atom stereocenters. The Morgan fingerprint density at radius 2 is 2.36 bits per heavy atom. The van der Waals surface area contributed by atoms with Gasteiger partial charge in [-0.1, -0.05) is 19.3 Å². The third-order valence-corrected chi connectivity index (χ3v) is 2.90. The third-order valence-electron chi connectivity index (χ3n) is 2.90. The third kappa shape index (κ3) is 1.90. The van der Waals surface area contributed by atoms with Crippen molar-refractivity contribution in [3.05, 3.63) is 11.8 Å². The minimum atomic E-state index is 0.0920. The number of anilines is 1. The minimum absolute atomic E-state index is 0.0920. The van der Waals surface area contributed by atoms with E-state index in [1.54, 1.807) is 4.68 Å². The van der Waals surface area contributed by atoms with Crippen molar-refractivity contribution in [2.24, 2.45) is 5.92 Å². The van der Waals surface area contributed by atoms with E-state index in [4.69, 9.17) is 10.8 Å². The van der Waals surface area contributed by atoms with Gasteiger partial charge in [0, 0.05) is 6.07 Å². The summed E-state index contributed by atoms with van der Waals surface area (Å²) < 4.78 is 1.67. The number of hydrogen-bond acceptors (Lipinski definition) is 3. The number of rotatable bonds is 4. The van der Waals surface area contributed by atoms with Gasteiger partial charge in [0.2, 0.25) is 0 Å². The summed E-state index contributed by atoms with van der Waals surface area (Å²) in [6.07, 6.45) is 5.06. The molecule has 0 unspecified atom stereocenters. The summed E-state index contributed by atoms with van der Waals surface area (Å²) in [5, 5.41) is 13.1. The van der Waals surface area contributed by atoms with Crippen molar-refractivity contribution in [3.8, 4) is 0 Å². The van der Waals surface area contributed by atoms with Crippen molar-refractivity contribution in [2.45, 2.75) is 32.2 Å². The molecular formula is C10H17N3O. The minimum Gasteiger partial charge on any atom is -0.394 e. The zero-order chi connectivity index (χ0) is 9.97. The molecule has 1 aromatic heterocycles. The van der Waals surface area contributed by atoms with Gasteiger partial charge in [0.1, 0.15) is 5.82 Å².